The van der Waals surface area contributed by atoms with Crippen LogP contribution >= 0.6 is 0 Å². The molecule has 4 nitrogen and oxygen atoms in total. The van der Waals surface area contributed by atoms with Gasteiger partial charge in [-0.1, -0.05) is 13.8 Å². The minimum atomic E-state index is -0.581. The van der Waals surface area contributed by atoms with E-state index in [1.807, 2.05) is 0 Å². The van der Waals surface area contributed by atoms with Crippen molar-refractivity contribution < 1.29 is 9.31 Å². The Morgan fingerprint density at radius 2 is 1.89 bits per heavy atom. The molecule has 0 heterocycles. The lowest BCUT2D eigenvalue weighted by Crippen LogP contribution is -2.30. The van der Waals surface area contributed by atoms with Crippen molar-refractivity contribution in [3.8, 4) is 0 Å². The van der Waals surface area contributed by atoms with E-state index in [-0.39, 0.29) is 11.7 Å². The third-order valence-corrected chi connectivity index (χ3v) is 3.69. The van der Waals surface area contributed by atoms with Crippen molar-refractivity contribution in [1.82, 2.24) is 0 Å². The molecule has 0 bridgehead atoms. The summed E-state index contributed by atoms with van der Waals surface area (Å²) in [6.07, 6.45) is 3.20. The second-order valence-electron chi connectivity index (χ2n) is 5.68. The molecule has 1 aliphatic carbocycles. The van der Waals surface area contributed by atoms with Crippen LogP contribution < -0.4 is 5.32 Å². The van der Waals surface area contributed by atoms with Gasteiger partial charge >= 0.3 is 0 Å². The van der Waals surface area contributed by atoms with E-state index in [4.69, 9.17) is 0 Å². The predicted octanol–water partition coefficient (Wildman–Crippen LogP) is 3.97. The fourth-order valence-electron chi connectivity index (χ4n) is 3.06. The van der Waals surface area contributed by atoms with Gasteiger partial charge in [0.25, 0.3) is 5.69 Å². The Morgan fingerprint density at radius 3 is 2.47 bits per heavy atom. The van der Waals surface area contributed by atoms with E-state index in [1.165, 1.54) is 18.6 Å². The average molecular weight is 266 g/mol. The Balaban J connectivity index is 2.16. The molecule has 1 fully saturated rings. The standard InChI is InChI=1S/C14H19FN2O2/c1-9-5-10(2)7-12(6-9)16-13-4-3-11(15)8-14(13)17(18)19/h3-4,8-10,12,16H,5-7H2,1-2H3. The summed E-state index contributed by atoms with van der Waals surface area (Å²) in [4.78, 5) is 10.4. The number of nitro groups is 1. The third-order valence-electron chi connectivity index (χ3n) is 3.69. The molecular weight excluding hydrogens is 247 g/mol. The van der Waals surface area contributed by atoms with Gasteiger partial charge in [-0.25, -0.2) is 4.39 Å². The molecular formula is C14H19FN2O2. The molecule has 2 rings (SSSR count). The zero-order chi connectivity index (χ0) is 14.0. The number of hydrogen-bond acceptors (Lipinski definition) is 3. The summed E-state index contributed by atoms with van der Waals surface area (Å²) < 4.78 is 13.1. The van der Waals surface area contributed by atoms with Crippen LogP contribution in [0.25, 0.3) is 0 Å². The summed E-state index contributed by atoms with van der Waals surface area (Å²) in [5.41, 5.74) is 0.226. The van der Waals surface area contributed by atoms with Crippen molar-refractivity contribution in [3.63, 3.8) is 0 Å². The number of hydrogen-bond donors (Lipinski definition) is 1. The minimum Gasteiger partial charge on any atom is -0.377 e. The average Bonchev–Trinajstić information content (AvgIpc) is 2.30. The highest BCUT2D eigenvalue weighted by Crippen LogP contribution is 2.33. The largest absolute Gasteiger partial charge is 0.377 e. The first-order chi connectivity index (χ1) is 8.95. The lowest BCUT2D eigenvalue weighted by molar-refractivity contribution is -0.384. The maximum Gasteiger partial charge on any atom is 0.295 e. The minimum absolute atomic E-state index is 0.189. The molecule has 2 atom stereocenters. The van der Waals surface area contributed by atoms with Gasteiger partial charge in [0.2, 0.25) is 0 Å². The molecule has 2 unspecified atom stereocenters. The summed E-state index contributed by atoms with van der Waals surface area (Å²) in [5.74, 6) is 0.643. The summed E-state index contributed by atoms with van der Waals surface area (Å²) >= 11 is 0. The fourth-order valence-corrected chi connectivity index (χ4v) is 3.06. The molecule has 0 aromatic heterocycles. The van der Waals surface area contributed by atoms with Gasteiger partial charge in [-0.3, -0.25) is 10.1 Å². The van der Waals surface area contributed by atoms with Crippen molar-refractivity contribution in [2.75, 3.05) is 5.32 Å². The van der Waals surface area contributed by atoms with Gasteiger partial charge in [-0.2, -0.15) is 0 Å². The van der Waals surface area contributed by atoms with Crippen molar-refractivity contribution >= 4 is 11.4 Å². The first-order valence-electron chi connectivity index (χ1n) is 6.66. The van der Waals surface area contributed by atoms with Crippen LogP contribution in [0.4, 0.5) is 15.8 Å². The van der Waals surface area contributed by atoms with Crippen molar-refractivity contribution in [2.45, 2.75) is 39.2 Å². The van der Waals surface area contributed by atoms with Crippen molar-refractivity contribution in [1.29, 1.82) is 0 Å². The lowest BCUT2D eigenvalue weighted by atomic mass is 9.80. The maximum atomic E-state index is 13.1. The topological polar surface area (TPSA) is 55.2 Å². The Bertz CT molecular complexity index is 469. The number of halogens is 1. The number of nitro benzene ring substituents is 1. The van der Waals surface area contributed by atoms with Crippen LogP contribution in [0.5, 0.6) is 0 Å². The van der Waals surface area contributed by atoms with Crippen LogP contribution in [-0.2, 0) is 0 Å². The molecule has 0 amide bonds. The molecule has 0 aliphatic heterocycles. The smallest absolute Gasteiger partial charge is 0.295 e. The Kier molecular flexibility index (Phi) is 4.02. The molecule has 0 spiro atoms. The zero-order valence-electron chi connectivity index (χ0n) is 11.2. The highest BCUT2D eigenvalue weighted by Gasteiger charge is 2.25. The number of nitrogens with one attached hydrogen (secondary N) is 1. The highest BCUT2D eigenvalue weighted by molar-refractivity contribution is 5.61. The molecule has 104 valence electrons. The van der Waals surface area contributed by atoms with E-state index in [1.54, 1.807) is 0 Å². The van der Waals surface area contributed by atoms with E-state index in [9.17, 15) is 14.5 Å². The molecule has 1 aromatic carbocycles. The van der Waals surface area contributed by atoms with Crippen LogP contribution in [0.1, 0.15) is 33.1 Å². The third kappa shape index (κ3) is 3.43. The van der Waals surface area contributed by atoms with Gasteiger partial charge < -0.3 is 5.32 Å². The highest BCUT2D eigenvalue weighted by atomic mass is 19.1. The first-order valence-corrected chi connectivity index (χ1v) is 6.66. The number of rotatable bonds is 3. The Hall–Kier alpha value is -1.65. The van der Waals surface area contributed by atoms with Gasteiger partial charge in [-0.15, -0.1) is 0 Å². The van der Waals surface area contributed by atoms with Crippen molar-refractivity contribution in [3.05, 3.63) is 34.1 Å². The molecule has 1 aliphatic rings. The van der Waals surface area contributed by atoms with Crippen LogP contribution in [0.2, 0.25) is 0 Å². The summed E-state index contributed by atoms with van der Waals surface area (Å²) in [7, 11) is 0. The lowest BCUT2D eigenvalue weighted by Gasteiger charge is -2.32. The number of anilines is 1. The van der Waals surface area contributed by atoms with Crippen LogP contribution in [-0.4, -0.2) is 11.0 Å². The molecule has 1 saturated carbocycles. The van der Waals surface area contributed by atoms with E-state index < -0.39 is 10.7 Å². The van der Waals surface area contributed by atoms with E-state index in [2.05, 4.69) is 19.2 Å². The zero-order valence-corrected chi connectivity index (χ0v) is 11.2. The van der Waals surface area contributed by atoms with E-state index >= 15 is 0 Å². The van der Waals surface area contributed by atoms with Gasteiger partial charge in [-0.05, 0) is 43.2 Å². The summed E-state index contributed by atoms with van der Waals surface area (Å²) in [6, 6.07) is 3.91. The maximum absolute atomic E-state index is 13.1. The molecule has 0 radical (unpaired) electrons. The molecule has 19 heavy (non-hydrogen) atoms. The van der Waals surface area contributed by atoms with Gasteiger partial charge in [0.15, 0.2) is 0 Å². The van der Waals surface area contributed by atoms with Gasteiger partial charge in [0, 0.05) is 6.04 Å². The summed E-state index contributed by atoms with van der Waals surface area (Å²) in [5, 5.41) is 14.2. The van der Waals surface area contributed by atoms with Gasteiger partial charge in [0.05, 0.1) is 11.0 Å². The predicted molar refractivity (Wildman–Crippen MR) is 72.6 cm³/mol. The van der Waals surface area contributed by atoms with Crippen LogP contribution in [0.3, 0.4) is 0 Å². The first kappa shape index (κ1) is 13.8. The quantitative estimate of drug-likeness (QED) is 0.665. The Labute approximate surface area is 112 Å². The van der Waals surface area contributed by atoms with Gasteiger partial charge in [0.1, 0.15) is 11.5 Å². The molecule has 1 aromatic rings. The SMILES string of the molecule is CC1CC(C)CC(Nc2ccc(F)cc2[N+](=O)[O-])C1. The van der Waals surface area contributed by atoms with E-state index in [0.29, 0.717) is 17.5 Å². The molecule has 5 heteroatoms. The van der Waals surface area contributed by atoms with Crippen molar-refractivity contribution in [2.24, 2.45) is 11.8 Å². The number of nitrogens with zero attached hydrogens (tertiary/aromatic N) is 1. The molecule has 1 N–H and O–H groups in total. The second kappa shape index (κ2) is 5.55. The monoisotopic (exact) mass is 266 g/mol. The number of benzene rings is 1. The second-order valence-corrected chi connectivity index (χ2v) is 5.68. The molecule has 0 saturated heterocycles. The fraction of sp³-hybridized carbons (Fsp3) is 0.571. The van der Waals surface area contributed by atoms with E-state index in [0.717, 1.165) is 18.9 Å². The van der Waals surface area contributed by atoms with Crippen LogP contribution in [0.15, 0.2) is 18.2 Å². The van der Waals surface area contributed by atoms with Crippen LogP contribution in [0, 0.1) is 27.8 Å². The Morgan fingerprint density at radius 1 is 1.26 bits per heavy atom. The normalized spacial score (nSPS) is 27.0. The summed E-state index contributed by atoms with van der Waals surface area (Å²) in [6.45, 7) is 4.40.